The largest absolute Gasteiger partial charge is 0.467 e. The lowest BCUT2D eigenvalue weighted by Gasteiger charge is -2.19. The van der Waals surface area contributed by atoms with Gasteiger partial charge in [-0.2, -0.15) is 0 Å². The number of aldehydes is 1. The van der Waals surface area contributed by atoms with Gasteiger partial charge in [0.15, 0.2) is 12.3 Å². The summed E-state index contributed by atoms with van der Waals surface area (Å²) in [5, 5.41) is 12.1. The molecule has 0 saturated carbocycles. The van der Waals surface area contributed by atoms with Crippen molar-refractivity contribution in [2.75, 3.05) is 7.11 Å². The van der Waals surface area contributed by atoms with Gasteiger partial charge in [0.05, 0.1) is 13.2 Å². The van der Waals surface area contributed by atoms with Crippen LogP contribution < -0.4 is 5.32 Å². The van der Waals surface area contributed by atoms with E-state index in [0.717, 1.165) is 24.0 Å². The molecule has 27 heavy (non-hydrogen) atoms. The number of hydrogen-bond acceptors (Lipinski definition) is 6. The number of nitrogens with zero attached hydrogens (tertiary/aromatic N) is 1. The standard InChI is InChI=1S/C20H22N2O5/c1-13(24)18(20(26)27-2)22-19(25)16-8-5-14(6-9-16)3-4-15-7-10-17(12-23)21-11-15/h5-13,18,24H,3-4H2,1-2H3,(H,22,25)/t13-,18+/m1/s1. The number of carbonyl (C=O) groups excluding carboxylic acids is 3. The van der Waals surface area contributed by atoms with Gasteiger partial charge in [0.25, 0.3) is 5.91 Å². The molecular formula is C20H22N2O5. The molecule has 0 saturated heterocycles. The number of pyridine rings is 1. The van der Waals surface area contributed by atoms with Crippen molar-refractivity contribution in [3.63, 3.8) is 0 Å². The van der Waals surface area contributed by atoms with Crippen LogP contribution in [0.4, 0.5) is 0 Å². The fraction of sp³-hybridized carbons (Fsp3) is 0.300. The molecule has 142 valence electrons. The molecule has 0 aliphatic carbocycles. The van der Waals surface area contributed by atoms with Crippen LogP contribution in [0.1, 0.15) is 38.9 Å². The van der Waals surface area contributed by atoms with Crippen molar-refractivity contribution >= 4 is 18.2 Å². The van der Waals surface area contributed by atoms with E-state index in [4.69, 9.17) is 0 Å². The van der Waals surface area contributed by atoms with Crippen LogP contribution in [0.5, 0.6) is 0 Å². The van der Waals surface area contributed by atoms with Crippen LogP contribution in [0.3, 0.4) is 0 Å². The normalized spacial score (nSPS) is 12.7. The third-order valence-corrected chi connectivity index (χ3v) is 4.11. The Morgan fingerprint density at radius 1 is 1.15 bits per heavy atom. The molecular weight excluding hydrogens is 348 g/mol. The second-order valence-electron chi connectivity index (χ2n) is 6.12. The Hall–Kier alpha value is -3.06. The zero-order chi connectivity index (χ0) is 19.8. The molecule has 0 fully saturated rings. The first kappa shape index (κ1) is 20.3. The highest BCUT2D eigenvalue weighted by Crippen LogP contribution is 2.10. The molecule has 2 rings (SSSR count). The molecule has 0 aliphatic rings. The van der Waals surface area contributed by atoms with Crippen molar-refractivity contribution in [1.29, 1.82) is 0 Å². The fourth-order valence-corrected chi connectivity index (χ4v) is 2.49. The van der Waals surface area contributed by atoms with Gasteiger partial charge >= 0.3 is 5.97 Å². The van der Waals surface area contributed by atoms with Crippen molar-refractivity contribution in [2.24, 2.45) is 0 Å². The molecule has 1 aromatic carbocycles. The van der Waals surface area contributed by atoms with Crippen LogP contribution in [0.2, 0.25) is 0 Å². The number of ether oxygens (including phenoxy) is 1. The summed E-state index contributed by atoms with van der Waals surface area (Å²) in [5.41, 5.74) is 2.83. The van der Waals surface area contributed by atoms with Crippen LogP contribution in [-0.2, 0) is 22.4 Å². The topological polar surface area (TPSA) is 106 Å². The minimum absolute atomic E-state index is 0.380. The van der Waals surface area contributed by atoms with E-state index in [1.54, 1.807) is 24.4 Å². The van der Waals surface area contributed by atoms with E-state index < -0.39 is 24.0 Å². The zero-order valence-corrected chi connectivity index (χ0v) is 15.2. The number of nitrogens with one attached hydrogen (secondary N) is 1. The monoisotopic (exact) mass is 370 g/mol. The Morgan fingerprint density at radius 3 is 2.30 bits per heavy atom. The number of methoxy groups -OCH3 is 1. The molecule has 1 heterocycles. The number of hydrogen-bond donors (Lipinski definition) is 2. The van der Waals surface area contributed by atoms with E-state index in [0.29, 0.717) is 17.5 Å². The summed E-state index contributed by atoms with van der Waals surface area (Å²) in [6, 6.07) is 9.40. The predicted octanol–water partition coefficient (Wildman–Crippen LogP) is 1.33. The lowest BCUT2D eigenvalue weighted by atomic mass is 10.0. The van der Waals surface area contributed by atoms with Gasteiger partial charge in [-0.1, -0.05) is 18.2 Å². The van der Waals surface area contributed by atoms with Crippen molar-refractivity contribution in [2.45, 2.75) is 31.9 Å². The van der Waals surface area contributed by atoms with Crippen molar-refractivity contribution in [3.05, 3.63) is 65.0 Å². The Morgan fingerprint density at radius 2 is 1.78 bits per heavy atom. The van der Waals surface area contributed by atoms with Gasteiger partial charge in [0.2, 0.25) is 0 Å². The van der Waals surface area contributed by atoms with Gasteiger partial charge in [0, 0.05) is 11.8 Å². The lowest BCUT2D eigenvalue weighted by molar-refractivity contribution is -0.145. The van der Waals surface area contributed by atoms with Gasteiger partial charge in [-0.3, -0.25) is 14.6 Å². The highest BCUT2D eigenvalue weighted by atomic mass is 16.5. The van der Waals surface area contributed by atoms with Gasteiger partial charge in [-0.05, 0) is 49.1 Å². The summed E-state index contributed by atoms with van der Waals surface area (Å²) < 4.78 is 4.58. The summed E-state index contributed by atoms with van der Waals surface area (Å²) in [7, 11) is 1.20. The van der Waals surface area contributed by atoms with Gasteiger partial charge in [-0.25, -0.2) is 4.79 Å². The quantitative estimate of drug-likeness (QED) is 0.536. The molecule has 2 atom stereocenters. The van der Waals surface area contributed by atoms with E-state index in [2.05, 4.69) is 15.0 Å². The van der Waals surface area contributed by atoms with Crippen molar-refractivity contribution in [1.82, 2.24) is 10.3 Å². The Kier molecular flexibility index (Phi) is 7.19. The molecule has 1 amide bonds. The fourth-order valence-electron chi connectivity index (χ4n) is 2.49. The molecule has 0 unspecified atom stereocenters. The van der Waals surface area contributed by atoms with Crippen molar-refractivity contribution < 1.29 is 24.2 Å². The third-order valence-electron chi connectivity index (χ3n) is 4.11. The summed E-state index contributed by atoms with van der Waals surface area (Å²) >= 11 is 0. The molecule has 2 N–H and O–H groups in total. The molecule has 0 radical (unpaired) electrons. The Balaban J connectivity index is 1.95. The smallest absolute Gasteiger partial charge is 0.331 e. The minimum atomic E-state index is -1.12. The number of esters is 1. The second-order valence-corrected chi connectivity index (χ2v) is 6.12. The van der Waals surface area contributed by atoms with Gasteiger partial charge < -0.3 is 15.2 Å². The summed E-state index contributed by atoms with van der Waals surface area (Å²) in [4.78, 5) is 38.5. The number of aliphatic hydroxyl groups is 1. The van der Waals surface area contributed by atoms with Crippen LogP contribution in [0.15, 0.2) is 42.6 Å². The molecule has 2 aromatic rings. The highest BCUT2D eigenvalue weighted by molar-refractivity contribution is 5.96. The summed E-state index contributed by atoms with van der Waals surface area (Å²) in [6.07, 6.45) is 2.82. The molecule has 1 aromatic heterocycles. The van der Waals surface area contributed by atoms with E-state index >= 15 is 0 Å². The number of aryl methyl sites for hydroxylation is 2. The van der Waals surface area contributed by atoms with Gasteiger partial charge in [-0.15, -0.1) is 0 Å². The first-order valence-corrected chi connectivity index (χ1v) is 8.50. The Labute approximate surface area is 157 Å². The first-order chi connectivity index (χ1) is 12.9. The van der Waals surface area contributed by atoms with Gasteiger partial charge in [0.1, 0.15) is 5.69 Å². The van der Waals surface area contributed by atoms with Crippen LogP contribution in [-0.4, -0.2) is 47.5 Å². The Bertz CT molecular complexity index is 785. The van der Waals surface area contributed by atoms with E-state index in [1.807, 2.05) is 18.2 Å². The third kappa shape index (κ3) is 5.72. The molecule has 7 heteroatoms. The lowest BCUT2D eigenvalue weighted by Crippen LogP contribution is -2.48. The summed E-state index contributed by atoms with van der Waals surface area (Å²) in [6.45, 7) is 1.40. The average molecular weight is 370 g/mol. The number of carbonyl (C=O) groups is 3. The zero-order valence-electron chi connectivity index (χ0n) is 15.2. The highest BCUT2D eigenvalue weighted by Gasteiger charge is 2.26. The van der Waals surface area contributed by atoms with Crippen LogP contribution in [0, 0.1) is 0 Å². The molecule has 0 aliphatic heterocycles. The maximum Gasteiger partial charge on any atom is 0.331 e. The van der Waals surface area contributed by atoms with Crippen LogP contribution in [0.25, 0.3) is 0 Å². The average Bonchev–Trinajstić information content (AvgIpc) is 2.70. The molecule has 7 nitrogen and oxygen atoms in total. The number of aliphatic hydroxyl groups excluding tert-OH is 1. The maximum atomic E-state index is 12.3. The van der Waals surface area contributed by atoms with E-state index in [1.165, 1.54) is 14.0 Å². The van der Waals surface area contributed by atoms with Crippen molar-refractivity contribution in [3.8, 4) is 0 Å². The first-order valence-electron chi connectivity index (χ1n) is 8.50. The molecule has 0 bridgehead atoms. The second kappa shape index (κ2) is 9.59. The number of benzene rings is 1. The van der Waals surface area contributed by atoms with E-state index in [9.17, 15) is 19.5 Å². The summed E-state index contributed by atoms with van der Waals surface area (Å²) in [5.74, 6) is -1.17. The number of aromatic nitrogens is 1. The van der Waals surface area contributed by atoms with Crippen LogP contribution >= 0.6 is 0 Å². The SMILES string of the molecule is COC(=O)[C@@H](NC(=O)c1ccc(CCc2ccc(C=O)nc2)cc1)[C@@H](C)O. The maximum absolute atomic E-state index is 12.3. The predicted molar refractivity (Wildman–Crippen MR) is 98.4 cm³/mol. The number of rotatable bonds is 8. The minimum Gasteiger partial charge on any atom is -0.467 e. The van der Waals surface area contributed by atoms with E-state index in [-0.39, 0.29) is 0 Å². The number of amides is 1. The molecule has 0 spiro atoms.